The molecule has 0 atom stereocenters. The summed E-state index contributed by atoms with van der Waals surface area (Å²) in [5, 5.41) is 0. The van der Waals surface area contributed by atoms with Gasteiger partial charge in [0.2, 0.25) is 0 Å². The van der Waals surface area contributed by atoms with Gasteiger partial charge in [-0.1, -0.05) is 0 Å². The van der Waals surface area contributed by atoms with Gasteiger partial charge >= 0.3 is 0 Å². The molecule has 1 heterocycles. The van der Waals surface area contributed by atoms with E-state index in [1.165, 1.54) is 24.1 Å². The van der Waals surface area contributed by atoms with Crippen molar-refractivity contribution < 1.29 is 4.79 Å². The zero-order valence-corrected chi connectivity index (χ0v) is 8.53. The second-order valence-corrected chi connectivity index (χ2v) is 4.79. The van der Waals surface area contributed by atoms with E-state index in [4.69, 9.17) is 0 Å². The third-order valence-corrected chi connectivity index (χ3v) is 3.84. The third kappa shape index (κ3) is 1.99. The van der Waals surface area contributed by atoms with Gasteiger partial charge in [-0.25, -0.2) is 0 Å². The molecule has 0 bridgehead atoms. The Morgan fingerprint density at radius 3 is 3.15 bits per heavy atom. The summed E-state index contributed by atoms with van der Waals surface area (Å²) < 4.78 is 0. The minimum Gasteiger partial charge on any atom is -0.303 e. The molecule has 1 aromatic rings. The Morgan fingerprint density at radius 1 is 1.46 bits per heavy atom. The number of carbonyl (C=O) groups is 1. The van der Waals surface area contributed by atoms with E-state index < -0.39 is 0 Å². The molecule has 1 aliphatic rings. The largest absolute Gasteiger partial charge is 0.303 e. The van der Waals surface area contributed by atoms with Crippen molar-refractivity contribution in [2.45, 2.75) is 38.5 Å². The SMILES string of the molecule is O=CCCCc1cc2c(s1)CCC2. The molecule has 2 heteroatoms. The summed E-state index contributed by atoms with van der Waals surface area (Å²) in [6.45, 7) is 0. The fourth-order valence-corrected chi connectivity index (χ4v) is 3.18. The number of carbonyl (C=O) groups excluding carboxylic acids is 1. The fourth-order valence-electron chi connectivity index (χ4n) is 1.87. The molecule has 0 saturated carbocycles. The summed E-state index contributed by atoms with van der Waals surface area (Å²) >= 11 is 1.96. The zero-order chi connectivity index (χ0) is 9.10. The molecule has 0 fully saturated rings. The summed E-state index contributed by atoms with van der Waals surface area (Å²) in [6, 6.07) is 2.35. The van der Waals surface area contributed by atoms with E-state index in [1.54, 1.807) is 10.4 Å². The van der Waals surface area contributed by atoms with E-state index in [0.717, 1.165) is 19.1 Å². The Hall–Kier alpha value is -0.630. The highest BCUT2D eigenvalue weighted by Gasteiger charge is 2.13. The molecular weight excluding hydrogens is 180 g/mol. The van der Waals surface area contributed by atoms with Crippen LogP contribution in [0.2, 0.25) is 0 Å². The predicted octanol–water partition coefficient (Wildman–Crippen LogP) is 2.76. The minimum atomic E-state index is 0.711. The van der Waals surface area contributed by atoms with Crippen LogP contribution in [0.15, 0.2) is 6.07 Å². The van der Waals surface area contributed by atoms with Crippen LogP contribution in [0.25, 0.3) is 0 Å². The first-order valence-corrected chi connectivity index (χ1v) is 5.76. The average Bonchev–Trinajstić information content (AvgIpc) is 2.64. The smallest absolute Gasteiger partial charge is 0.120 e. The van der Waals surface area contributed by atoms with Crippen LogP contribution in [0.4, 0.5) is 0 Å². The number of thiophene rings is 1. The highest BCUT2D eigenvalue weighted by Crippen LogP contribution is 2.31. The van der Waals surface area contributed by atoms with E-state index >= 15 is 0 Å². The molecule has 0 aliphatic heterocycles. The van der Waals surface area contributed by atoms with Crippen LogP contribution in [0, 0.1) is 0 Å². The van der Waals surface area contributed by atoms with Crippen LogP contribution in [-0.4, -0.2) is 6.29 Å². The Kier molecular flexibility index (Phi) is 2.79. The van der Waals surface area contributed by atoms with E-state index in [0.29, 0.717) is 6.42 Å². The highest BCUT2D eigenvalue weighted by atomic mass is 32.1. The maximum atomic E-state index is 10.1. The van der Waals surface area contributed by atoms with Crippen molar-refractivity contribution in [2.75, 3.05) is 0 Å². The molecule has 70 valence electrons. The van der Waals surface area contributed by atoms with Crippen LogP contribution >= 0.6 is 11.3 Å². The lowest BCUT2D eigenvalue weighted by atomic mass is 10.2. The van der Waals surface area contributed by atoms with Gasteiger partial charge in [0.1, 0.15) is 6.29 Å². The predicted molar refractivity (Wildman–Crippen MR) is 55.3 cm³/mol. The van der Waals surface area contributed by atoms with E-state index in [2.05, 4.69) is 6.07 Å². The van der Waals surface area contributed by atoms with Crippen molar-refractivity contribution in [2.24, 2.45) is 0 Å². The Labute approximate surface area is 82.8 Å². The van der Waals surface area contributed by atoms with Gasteiger partial charge in [-0.3, -0.25) is 0 Å². The van der Waals surface area contributed by atoms with Gasteiger partial charge in [-0.15, -0.1) is 11.3 Å². The molecule has 0 N–H and O–H groups in total. The first-order chi connectivity index (χ1) is 6.40. The average molecular weight is 194 g/mol. The van der Waals surface area contributed by atoms with Crippen molar-refractivity contribution in [1.29, 1.82) is 0 Å². The molecule has 2 rings (SSSR count). The van der Waals surface area contributed by atoms with Crippen LogP contribution in [-0.2, 0) is 24.1 Å². The molecule has 1 aromatic heterocycles. The lowest BCUT2D eigenvalue weighted by molar-refractivity contribution is -0.107. The molecule has 0 amide bonds. The first-order valence-electron chi connectivity index (χ1n) is 4.94. The van der Waals surface area contributed by atoms with Crippen LogP contribution < -0.4 is 0 Å². The van der Waals surface area contributed by atoms with Crippen molar-refractivity contribution in [3.63, 3.8) is 0 Å². The van der Waals surface area contributed by atoms with Gasteiger partial charge < -0.3 is 4.79 Å². The molecule has 0 radical (unpaired) electrons. The maximum Gasteiger partial charge on any atom is 0.120 e. The van der Waals surface area contributed by atoms with Crippen molar-refractivity contribution >= 4 is 17.6 Å². The number of aryl methyl sites for hydroxylation is 3. The Morgan fingerprint density at radius 2 is 2.38 bits per heavy atom. The molecule has 0 unspecified atom stereocenters. The highest BCUT2D eigenvalue weighted by molar-refractivity contribution is 7.12. The lowest BCUT2D eigenvalue weighted by Gasteiger charge is -1.92. The Bertz CT molecular complexity index is 280. The normalized spacial score (nSPS) is 14.5. The van der Waals surface area contributed by atoms with Crippen molar-refractivity contribution in [1.82, 2.24) is 0 Å². The van der Waals surface area contributed by atoms with Gasteiger partial charge in [0.15, 0.2) is 0 Å². The summed E-state index contributed by atoms with van der Waals surface area (Å²) in [5.74, 6) is 0. The van der Waals surface area contributed by atoms with Crippen molar-refractivity contribution in [3.05, 3.63) is 21.4 Å². The molecule has 1 aliphatic carbocycles. The van der Waals surface area contributed by atoms with Gasteiger partial charge in [0.25, 0.3) is 0 Å². The monoisotopic (exact) mass is 194 g/mol. The van der Waals surface area contributed by atoms with Gasteiger partial charge in [0, 0.05) is 16.2 Å². The Balaban J connectivity index is 1.94. The van der Waals surface area contributed by atoms with E-state index in [9.17, 15) is 4.79 Å². The molecular formula is C11H14OS. The van der Waals surface area contributed by atoms with Crippen molar-refractivity contribution in [3.8, 4) is 0 Å². The molecule has 13 heavy (non-hydrogen) atoms. The number of hydrogen-bond donors (Lipinski definition) is 0. The summed E-state index contributed by atoms with van der Waals surface area (Å²) in [6.07, 6.45) is 7.74. The number of rotatable bonds is 4. The lowest BCUT2D eigenvalue weighted by Crippen LogP contribution is -1.82. The quantitative estimate of drug-likeness (QED) is 0.532. The number of hydrogen-bond acceptors (Lipinski definition) is 2. The summed E-state index contributed by atoms with van der Waals surface area (Å²) in [7, 11) is 0. The van der Waals surface area contributed by atoms with E-state index in [1.807, 2.05) is 11.3 Å². The third-order valence-electron chi connectivity index (χ3n) is 2.54. The number of unbranched alkanes of at least 4 members (excludes halogenated alkanes) is 1. The minimum absolute atomic E-state index is 0.711. The first kappa shape index (κ1) is 8.95. The maximum absolute atomic E-state index is 10.1. The topological polar surface area (TPSA) is 17.1 Å². The molecule has 1 nitrogen and oxygen atoms in total. The standard InChI is InChI=1S/C11H14OS/c12-7-2-1-5-10-8-9-4-3-6-11(9)13-10/h7-8H,1-6H2. The van der Waals surface area contributed by atoms with Crippen LogP contribution in [0.3, 0.4) is 0 Å². The second kappa shape index (κ2) is 4.05. The number of aldehydes is 1. The van der Waals surface area contributed by atoms with Gasteiger partial charge in [0.05, 0.1) is 0 Å². The van der Waals surface area contributed by atoms with Crippen LogP contribution in [0.1, 0.15) is 34.6 Å². The van der Waals surface area contributed by atoms with E-state index in [-0.39, 0.29) is 0 Å². The molecule has 0 spiro atoms. The molecule has 0 aromatic carbocycles. The zero-order valence-electron chi connectivity index (χ0n) is 7.71. The van der Waals surface area contributed by atoms with Gasteiger partial charge in [-0.05, 0) is 43.7 Å². The molecule has 0 saturated heterocycles. The fraction of sp³-hybridized carbons (Fsp3) is 0.545. The second-order valence-electron chi connectivity index (χ2n) is 3.57. The number of fused-ring (bicyclic) bond motifs is 1. The summed E-state index contributed by atoms with van der Waals surface area (Å²) in [4.78, 5) is 13.2. The van der Waals surface area contributed by atoms with Gasteiger partial charge in [-0.2, -0.15) is 0 Å². The van der Waals surface area contributed by atoms with Crippen LogP contribution in [0.5, 0.6) is 0 Å². The summed E-state index contributed by atoms with van der Waals surface area (Å²) in [5.41, 5.74) is 1.58.